The third kappa shape index (κ3) is 3.96. The summed E-state index contributed by atoms with van der Waals surface area (Å²) >= 11 is 2.29. The van der Waals surface area contributed by atoms with Crippen LogP contribution in [0.2, 0.25) is 0 Å². The highest BCUT2D eigenvalue weighted by atomic mass is 127. The van der Waals surface area contributed by atoms with Crippen molar-refractivity contribution in [2.24, 2.45) is 0 Å². The molecule has 1 heterocycles. The molecule has 5 heteroatoms. The molecular formula is C19H20IN3O. The molecule has 0 saturated heterocycles. The Labute approximate surface area is 155 Å². The van der Waals surface area contributed by atoms with Crippen LogP contribution in [0, 0.1) is 3.57 Å². The zero-order chi connectivity index (χ0) is 16.9. The lowest BCUT2D eigenvalue weighted by Gasteiger charge is -2.12. The van der Waals surface area contributed by atoms with Gasteiger partial charge < -0.3 is 15.7 Å². The van der Waals surface area contributed by atoms with E-state index < -0.39 is 0 Å². The number of nitrogens with zero attached hydrogens (tertiary/aromatic N) is 1. The summed E-state index contributed by atoms with van der Waals surface area (Å²) in [6.45, 7) is 3.72. The van der Waals surface area contributed by atoms with Crippen LogP contribution in [-0.2, 0) is 6.54 Å². The highest BCUT2D eigenvalue weighted by Gasteiger charge is 2.06. The number of benzene rings is 2. The van der Waals surface area contributed by atoms with Crippen LogP contribution in [0.1, 0.15) is 18.9 Å². The van der Waals surface area contributed by atoms with Gasteiger partial charge in [0.05, 0.1) is 5.52 Å². The van der Waals surface area contributed by atoms with Crippen molar-refractivity contribution in [1.29, 1.82) is 0 Å². The quantitative estimate of drug-likeness (QED) is 0.297. The number of fused-ring (bicyclic) bond motifs is 1. The number of hydrogen-bond acceptors (Lipinski definition) is 4. The Bertz CT molecular complexity index is 851. The zero-order valence-electron chi connectivity index (χ0n) is 13.5. The number of phenolic OH excluding ortho intramolecular Hbond substituents is 1. The molecule has 4 nitrogen and oxygen atoms in total. The second-order valence-electron chi connectivity index (χ2n) is 5.67. The van der Waals surface area contributed by atoms with E-state index in [2.05, 4.69) is 63.3 Å². The summed E-state index contributed by atoms with van der Waals surface area (Å²) in [7, 11) is 0. The van der Waals surface area contributed by atoms with Crippen LogP contribution in [0.25, 0.3) is 10.9 Å². The number of hydrogen-bond donors (Lipinski definition) is 3. The second-order valence-corrected chi connectivity index (χ2v) is 6.91. The van der Waals surface area contributed by atoms with Crippen molar-refractivity contribution in [3.63, 3.8) is 0 Å². The molecule has 0 unspecified atom stereocenters. The number of aromatic hydroxyl groups is 1. The Morgan fingerprint density at radius 1 is 1.12 bits per heavy atom. The lowest BCUT2D eigenvalue weighted by Crippen LogP contribution is -2.13. The van der Waals surface area contributed by atoms with Crippen molar-refractivity contribution < 1.29 is 5.11 Å². The van der Waals surface area contributed by atoms with E-state index in [1.807, 2.05) is 24.4 Å². The molecule has 2 aromatic carbocycles. The lowest BCUT2D eigenvalue weighted by atomic mass is 10.1. The van der Waals surface area contributed by atoms with Crippen LogP contribution in [0.3, 0.4) is 0 Å². The average Bonchev–Trinajstić information content (AvgIpc) is 2.58. The summed E-state index contributed by atoms with van der Waals surface area (Å²) in [5.74, 6) is 0.318. The Balaban J connectivity index is 1.87. The molecule has 0 bridgehead atoms. The van der Waals surface area contributed by atoms with Gasteiger partial charge >= 0.3 is 0 Å². The average molecular weight is 433 g/mol. The van der Waals surface area contributed by atoms with Crippen molar-refractivity contribution in [2.75, 3.05) is 11.9 Å². The molecule has 0 aliphatic heterocycles. The summed E-state index contributed by atoms with van der Waals surface area (Å²) < 4.78 is 1.17. The molecule has 0 fully saturated rings. The Morgan fingerprint density at radius 3 is 2.83 bits per heavy atom. The molecule has 0 amide bonds. The van der Waals surface area contributed by atoms with Gasteiger partial charge in [-0.3, -0.25) is 4.98 Å². The molecule has 24 heavy (non-hydrogen) atoms. The third-order valence-corrected chi connectivity index (χ3v) is 4.48. The summed E-state index contributed by atoms with van der Waals surface area (Å²) in [6, 6.07) is 13.8. The van der Waals surface area contributed by atoms with Crippen molar-refractivity contribution in [3.8, 4) is 5.75 Å². The Kier molecular flexibility index (Phi) is 5.52. The van der Waals surface area contributed by atoms with Crippen LogP contribution in [0.5, 0.6) is 5.75 Å². The molecule has 3 N–H and O–H groups in total. The summed E-state index contributed by atoms with van der Waals surface area (Å²) in [5, 5.41) is 17.9. The topological polar surface area (TPSA) is 57.2 Å². The smallest absolute Gasteiger partial charge is 0.120 e. The zero-order valence-corrected chi connectivity index (χ0v) is 15.7. The van der Waals surface area contributed by atoms with E-state index in [4.69, 9.17) is 0 Å². The van der Waals surface area contributed by atoms with Crippen molar-refractivity contribution in [3.05, 3.63) is 57.8 Å². The Morgan fingerprint density at radius 2 is 2.00 bits per heavy atom. The fraction of sp³-hybridized carbons (Fsp3) is 0.211. The molecule has 0 radical (unpaired) electrons. The van der Waals surface area contributed by atoms with Gasteiger partial charge in [0.2, 0.25) is 0 Å². The van der Waals surface area contributed by atoms with E-state index in [1.54, 1.807) is 6.07 Å². The van der Waals surface area contributed by atoms with Crippen LogP contribution >= 0.6 is 22.6 Å². The molecular weight excluding hydrogens is 413 g/mol. The predicted octanol–water partition coefficient (Wildman–Crippen LogP) is 4.79. The lowest BCUT2D eigenvalue weighted by molar-refractivity contribution is 0.464. The fourth-order valence-corrected chi connectivity index (χ4v) is 3.07. The highest BCUT2D eigenvalue weighted by molar-refractivity contribution is 14.1. The van der Waals surface area contributed by atoms with E-state index in [1.165, 1.54) is 3.57 Å². The van der Waals surface area contributed by atoms with Crippen LogP contribution in [-0.4, -0.2) is 16.6 Å². The number of phenols is 1. The van der Waals surface area contributed by atoms with E-state index >= 15 is 0 Å². The molecule has 3 rings (SSSR count). The normalized spacial score (nSPS) is 10.9. The predicted molar refractivity (Wildman–Crippen MR) is 108 cm³/mol. The molecule has 1 aromatic heterocycles. The van der Waals surface area contributed by atoms with Crippen molar-refractivity contribution in [2.45, 2.75) is 19.9 Å². The molecule has 0 aliphatic rings. The number of aromatic nitrogens is 1. The van der Waals surface area contributed by atoms with Crippen LogP contribution in [0.15, 0.2) is 48.7 Å². The van der Waals surface area contributed by atoms with Gasteiger partial charge in [0, 0.05) is 38.6 Å². The van der Waals surface area contributed by atoms with Crippen molar-refractivity contribution >= 4 is 44.9 Å². The first-order valence-corrected chi connectivity index (χ1v) is 9.09. The molecule has 0 saturated carbocycles. The van der Waals surface area contributed by atoms with E-state index in [-0.39, 0.29) is 0 Å². The minimum atomic E-state index is 0.318. The van der Waals surface area contributed by atoms with Crippen LogP contribution < -0.4 is 10.6 Å². The van der Waals surface area contributed by atoms with E-state index in [0.29, 0.717) is 12.3 Å². The Hall–Kier alpha value is -1.86. The van der Waals surface area contributed by atoms with Gasteiger partial charge in [-0.25, -0.2) is 0 Å². The van der Waals surface area contributed by atoms with Crippen LogP contribution in [0.4, 0.5) is 11.4 Å². The van der Waals surface area contributed by atoms with Gasteiger partial charge in [0.25, 0.3) is 0 Å². The maximum Gasteiger partial charge on any atom is 0.120 e. The van der Waals surface area contributed by atoms with E-state index in [9.17, 15) is 5.11 Å². The first-order chi connectivity index (χ1) is 11.7. The summed E-state index contributed by atoms with van der Waals surface area (Å²) in [4.78, 5) is 4.43. The van der Waals surface area contributed by atoms with Gasteiger partial charge in [0.15, 0.2) is 0 Å². The first-order valence-electron chi connectivity index (χ1n) is 8.01. The van der Waals surface area contributed by atoms with Gasteiger partial charge in [-0.1, -0.05) is 6.92 Å². The minimum absolute atomic E-state index is 0.318. The first kappa shape index (κ1) is 17.0. The number of pyridine rings is 1. The number of nitrogens with one attached hydrogen (secondary N) is 2. The standard InChI is InChI=1S/C19H20IN3O/c1-2-8-21-12-13-10-15(4-6-19(13)24)23-17-7-9-22-18-11-14(20)3-5-16(17)18/h3-7,9-11,21,24H,2,8,12H2,1H3,(H,22,23). The van der Waals surface area contributed by atoms with Crippen molar-refractivity contribution in [1.82, 2.24) is 10.3 Å². The molecule has 3 aromatic rings. The monoisotopic (exact) mass is 433 g/mol. The second kappa shape index (κ2) is 7.81. The van der Waals surface area contributed by atoms with E-state index in [0.717, 1.165) is 40.8 Å². The number of anilines is 2. The van der Waals surface area contributed by atoms with Gasteiger partial charge in [0.1, 0.15) is 5.75 Å². The summed E-state index contributed by atoms with van der Waals surface area (Å²) in [5.41, 5.74) is 3.82. The maximum absolute atomic E-state index is 10.0. The SMILES string of the molecule is CCCNCc1cc(Nc2ccnc3cc(I)ccc23)ccc1O. The van der Waals surface area contributed by atoms with Gasteiger partial charge in [-0.15, -0.1) is 0 Å². The van der Waals surface area contributed by atoms with Gasteiger partial charge in [-0.2, -0.15) is 0 Å². The number of rotatable bonds is 6. The molecule has 0 aliphatic carbocycles. The molecule has 124 valence electrons. The largest absolute Gasteiger partial charge is 0.508 e. The number of halogens is 1. The maximum atomic E-state index is 10.0. The van der Waals surface area contributed by atoms with Gasteiger partial charge in [-0.05, 0) is 78.0 Å². The molecule has 0 spiro atoms. The minimum Gasteiger partial charge on any atom is -0.508 e. The highest BCUT2D eigenvalue weighted by Crippen LogP contribution is 2.28. The fourth-order valence-electron chi connectivity index (χ4n) is 2.59. The third-order valence-electron chi connectivity index (χ3n) is 3.81. The molecule has 0 atom stereocenters. The summed E-state index contributed by atoms with van der Waals surface area (Å²) in [6.07, 6.45) is 2.88.